The van der Waals surface area contributed by atoms with E-state index in [4.69, 9.17) is 17.0 Å². The average Bonchev–Trinajstić information content (AvgIpc) is 2.60. The Morgan fingerprint density at radius 3 is 2.56 bits per heavy atom. The topological polar surface area (TPSA) is 53.6 Å². The smallest absolute Gasteiger partial charge is 0.229 e. The standard InChI is InChI=1S/C19H29N3O2S/c1-3-4-5-14-24-17-8-6-16(7-9-17)20-19(25)21-18(23)15-10-12-22(2)13-11-15/h6-9,15H,3-5,10-14H2,1-2H3,(H2,20,21,23,25). The molecule has 0 spiro atoms. The van der Waals surface area contributed by atoms with Gasteiger partial charge in [-0.15, -0.1) is 0 Å². The molecule has 1 heterocycles. The van der Waals surface area contributed by atoms with E-state index in [0.29, 0.717) is 5.11 Å². The molecule has 1 amide bonds. The van der Waals surface area contributed by atoms with Gasteiger partial charge in [-0.2, -0.15) is 0 Å². The number of carbonyl (C=O) groups is 1. The lowest BCUT2D eigenvalue weighted by Crippen LogP contribution is -2.42. The zero-order chi connectivity index (χ0) is 18.1. The van der Waals surface area contributed by atoms with Gasteiger partial charge in [-0.1, -0.05) is 19.8 Å². The van der Waals surface area contributed by atoms with E-state index in [1.807, 2.05) is 24.3 Å². The number of nitrogens with one attached hydrogen (secondary N) is 2. The van der Waals surface area contributed by atoms with Gasteiger partial charge in [-0.3, -0.25) is 4.79 Å². The van der Waals surface area contributed by atoms with Crippen LogP contribution in [0, 0.1) is 5.92 Å². The summed E-state index contributed by atoms with van der Waals surface area (Å²) in [5, 5.41) is 6.21. The molecule has 1 aliphatic rings. The van der Waals surface area contributed by atoms with Crippen LogP contribution in [0.25, 0.3) is 0 Å². The monoisotopic (exact) mass is 363 g/mol. The molecule has 2 N–H and O–H groups in total. The summed E-state index contributed by atoms with van der Waals surface area (Å²) in [6, 6.07) is 7.64. The first kappa shape index (κ1) is 19.7. The maximum absolute atomic E-state index is 12.3. The van der Waals surface area contributed by atoms with Crippen molar-refractivity contribution >= 4 is 28.9 Å². The fourth-order valence-corrected chi connectivity index (χ4v) is 3.04. The number of anilines is 1. The second kappa shape index (κ2) is 10.4. The Bertz CT molecular complexity index is 554. The van der Waals surface area contributed by atoms with Crippen LogP contribution in [0.3, 0.4) is 0 Å². The minimum Gasteiger partial charge on any atom is -0.494 e. The summed E-state index contributed by atoms with van der Waals surface area (Å²) in [7, 11) is 2.08. The SMILES string of the molecule is CCCCCOc1ccc(NC(=S)NC(=O)C2CCN(C)CC2)cc1. The van der Waals surface area contributed by atoms with Crippen LogP contribution in [-0.2, 0) is 4.79 Å². The first-order chi connectivity index (χ1) is 12.1. The summed E-state index contributed by atoms with van der Waals surface area (Å²) >= 11 is 5.25. The van der Waals surface area contributed by atoms with Gasteiger partial charge in [-0.25, -0.2) is 0 Å². The van der Waals surface area contributed by atoms with Gasteiger partial charge in [0.2, 0.25) is 5.91 Å². The summed E-state index contributed by atoms with van der Waals surface area (Å²) in [6.45, 7) is 4.83. The van der Waals surface area contributed by atoms with Crippen molar-refractivity contribution in [2.45, 2.75) is 39.0 Å². The summed E-state index contributed by atoms with van der Waals surface area (Å²) in [5.41, 5.74) is 0.842. The highest BCUT2D eigenvalue weighted by molar-refractivity contribution is 7.80. The molecule has 1 aromatic carbocycles. The van der Waals surface area contributed by atoms with E-state index in [1.165, 1.54) is 12.8 Å². The molecule has 0 aromatic heterocycles. The molecule has 1 aliphatic heterocycles. The molecule has 6 heteroatoms. The Hall–Kier alpha value is -1.66. The van der Waals surface area contributed by atoms with E-state index in [0.717, 1.165) is 50.4 Å². The summed E-state index contributed by atoms with van der Waals surface area (Å²) in [6.07, 6.45) is 5.21. The van der Waals surface area contributed by atoms with Crippen LogP contribution < -0.4 is 15.4 Å². The fraction of sp³-hybridized carbons (Fsp3) is 0.579. The van der Waals surface area contributed by atoms with Crippen molar-refractivity contribution in [1.82, 2.24) is 10.2 Å². The van der Waals surface area contributed by atoms with Crippen molar-refractivity contribution in [2.24, 2.45) is 5.92 Å². The Labute approximate surface area is 156 Å². The molecule has 0 atom stereocenters. The lowest BCUT2D eigenvalue weighted by atomic mass is 9.96. The number of thiocarbonyl (C=S) groups is 1. The van der Waals surface area contributed by atoms with Crippen LogP contribution in [0.5, 0.6) is 5.75 Å². The molecule has 0 radical (unpaired) electrons. The fourth-order valence-electron chi connectivity index (χ4n) is 2.82. The summed E-state index contributed by atoms with van der Waals surface area (Å²) in [4.78, 5) is 14.5. The number of hydrogen-bond donors (Lipinski definition) is 2. The largest absolute Gasteiger partial charge is 0.494 e. The zero-order valence-corrected chi connectivity index (χ0v) is 16.0. The third-order valence-corrected chi connectivity index (χ3v) is 4.66. The van der Waals surface area contributed by atoms with Crippen LogP contribution in [-0.4, -0.2) is 42.7 Å². The van der Waals surface area contributed by atoms with Crippen molar-refractivity contribution in [1.29, 1.82) is 0 Å². The van der Waals surface area contributed by atoms with Gasteiger partial charge in [0.25, 0.3) is 0 Å². The molecule has 1 aromatic rings. The Morgan fingerprint density at radius 1 is 1.24 bits per heavy atom. The van der Waals surface area contributed by atoms with E-state index in [2.05, 4.69) is 29.5 Å². The predicted octanol–water partition coefficient (Wildman–Crippen LogP) is 3.41. The molecule has 5 nitrogen and oxygen atoms in total. The number of amides is 1. The molecule has 0 aliphatic carbocycles. The lowest BCUT2D eigenvalue weighted by Gasteiger charge is -2.28. The molecule has 1 fully saturated rings. The first-order valence-corrected chi connectivity index (χ1v) is 9.52. The maximum Gasteiger partial charge on any atom is 0.229 e. The van der Waals surface area contributed by atoms with Crippen molar-refractivity contribution in [3.8, 4) is 5.75 Å². The quantitative estimate of drug-likeness (QED) is 0.574. The second-order valence-electron chi connectivity index (χ2n) is 6.60. The van der Waals surface area contributed by atoms with Crippen molar-refractivity contribution in [2.75, 3.05) is 32.1 Å². The van der Waals surface area contributed by atoms with Gasteiger partial charge in [0, 0.05) is 11.6 Å². The second-order valence-corrected chi connectivity index (χ2v) is 7.01. The highest BCUT2D eigenvalue weighted by Gasteiger charge is 2.23. The van der Waals surface area contributed by atoms with E-state index in [1.54, 1.807) is 0 Å². The Kier molecular flexibility index (Phi) is 8.15. The molecule has 25 heavy (non-hydrogen) atoms. The van der Waals surface area contributed by atoms with E-state index in [9.17, 15) is 4.79 Å². The molecule has 138 valence electrons. The van der Waals surface area contributed by atoms with E-state index in [-0.39, 0.29) is 11.8 Å². The van der Waals surface area contributed by atoms with E-state index < -0.39 is 0 Å². The summed E-state index contributed by atoms with van der Waals surface area (Å²) < 4.78 is 5.69. The zero-order valence-electron chi connectivity index (χ0n) is 15.2. The van der Waals surface area contributed by atoms with Crippen LogP contribution in [0.2, 0.25) is 0 Å². The molecule has 2 rings (SSSR count). The molecule has 0 bridgehead atoms. The highest BCUT2D eigenvalue weighted by atomic mass is 32.1. The minimum absolute atomic E-state index is 0.0153. The third kappa shape index (κ3) is 7.00. The van der Waals surface area contributed by atoms with Crippen LogP contribution in [0.15, 0.2) is 24.3 Å². The number of benzene rings is 1. The van der Waals surface area contributed by atoms with Gasteiger partial charge in [0.05, 0.1) is 6.61 Å². The third-order valence-electron chi connectivity index (χ3n) is 4.45. The van der Waals surface area contributed by atoms with Crippen molar-refractivity contribution in [3.63, 3.8) is 0 Å². The van der Waals surface area contributed by atoms with Gasteiger partial charge in [0.15, 0.2) is 5.11 Å². The van der Waals surface area contributed by atoms with Crippen LogP contribution in [0.1, 0.15) is 39.0 Å². The summed E-state index contributed by atoms with van der Waals surface area (Å²) in [5.74, 6) is 0.916. The number of piperidine rings is 1. The number of rotatable bonds is 7. The molecule has 0 saturated carbocycles. The number of hydrogen-bond acceptors (Lipinski definition) is 4. The number of likely N-dealkylation sites (tertiary alicyclic amines) is 1. The van der Waals surface area contributed by atoms with Crippen LogP contribution in [0.4, 0.5) is 5.69 Å². The number of unbranched alkanes of at least 4 members (excludes halogenated alkanes) is 2. The predicted molar refractivity (Wildman–Crippen MR) is 106 cm³/mol. The highest BCUT2D eigenvalue weighted by Crippen LogP contribution is 2.17. The van der Waals surface area contributed by atoms with Gasteiger partial charge in [-0.05, 0) is 75.9 Å². The Balaban J connectivity index is 1.73. The number of carbonyl (C=O) groups excluding carboxylic acids is 1. The van der Waals surface area contributed by atoms with Crippen molar-refractivity contribution < 1.29 is 9.53 Å². The normalized spacial score (nSPS) is 15.6. The molecular weight excluding hydrogens is 334 g/mol. The first-order valence-electron chi connectivity index (χ1n) is 9.11. The maximum atomic E-state index is 12.3. The van der Waals surface area contributed by atoms with Gasteiger partial charge >= 0.3 is 0 Å². The number of nitrogens with zero attached hydrogens (tertiary/aromatic N) is 1. The van der Waals surface area contributed by atoms with Gasteiger partial charge in [0.1, 0.15) is 5.75 Å². The minimum atomic E-state index is 0.0153. The average molecular weight is 364 g/mol. The van der Waals surface area contributed by atoms with Gasteiger partial charge < -0.3 is 20.3 Å². The molecule has 1 saturated heterocycles. The lowest BCUT2D eigenvalue weighted by molar-refractivity contribution is -0.124. The van der Waals surface area contributed by atoms with Crippen molar-refractivity contribution in [3.05, 3.63) is 24.3 Å². The molecular formula is C19H29N3O2S. The van der Waals surface area contributed by atoms with Crippen LogP contribution >= 0.6 is 12.2 Å². The van der Waals surface area contributed by atoms with E-state index >= 15 is 0 Å². The Morgan fingerprint density at radius 2 is 1.92 bits per heavy atom. The number of ether oxygens (including phenoxy) is 1. The molecule has 0 unspecified atom stereocenters.